The van der Waals surface area contributed by atoms with Crippen molar-refractivity contribution in [3.05, 3.63) is 53.4 Å². The van der Waals surface area contributed by atoms with E-state index in [9.17, 15) is 4.79 Å². The smallest absolute Gasteiger partial charge is 0.233 e. The van der Waals surface area contributed by atoms with Gasteiger partial charge in [-0.05, 0) is 40.8 Å². The van der Waals surface area contributed by atoms with Crippen molar-refractivity contribution in [2.45, 2.75) is 18.1 Å². The number of furan rings is 1. The van der Waals surface area contributed by atoms with Gasteiger partial charge in [-0.2, -0.15) is 9.94 Å². The molecule has 0 radical (unpaired) electrons. The monoisotopic (exact) mass is 402 g/mol. The first-order valence-electron chi connectivity index (χ1n) is 8.01. The maximum Gasteiger partial charge on any atom is 0.233 e. The maximum absolute atomic E-state index is 12.6. The molecule has 27 heavy (non-hydrogen) atoms. The van der Waals surface area contributed by atoms with Gasteiger partial charge in [-0.1, -0.05) is 29.4 Å². The molecule has 3 aromatic rings. The predicted octanol–water partition coefficient (Wildman–Crippen LogP) is 2.94. The lowest BCUT2D eigenvalue weighted by Gasteiger charge is -2.20. The minimum absolute atomic E-state index is 0.132. The van der Waals surface area contributed by atoms with Crippen LogP contribution >= 0.6 is 23.4 Å². The summed E-state index contributed by atoms with van der Waals surface area (Å²) in [6, 6.07) is 12.7. The number of benzene rings is 1. The highest BCUT2D eigenvalue weighted by molar-refractivity contribution is 7.99. The molecule has 10 heteroatoms. The molecule has 0 aliphatic carbocycles. The Morgan fingerprint density at radius 3 is 3.00 bits per heavy atom. The number of nitriles is 1. The van der Waals surface area contributed by atoms with E-state index in [1.54, 1.807) is 41.5 Å². The molecule has 0 aliphatic rings. The van der Waals surface area contributed by atoms with Gasteiger partial charge in [0.1, 0.15) is 5.76 Å². The van der Waals surface area contributed by atoms with Gasteiger partial charge in [0.25, 0.3) is 0 Å². The topological polar surface area (TPSA) is 101 Å². The van der Waals surface area contributed by atoms with Crippen LogP contribution in [-0.2, 0) is 11.3 Å². The van der Waals surface area contributed by atoms with E-state index in [1.807, 2.05) is 6.07 Å². The molecule has 138 valence electrons. The number of tetrazole rings is 1. The molecule has 0 unspecified atom stereocenters. The van der Waals surface area contributed by atoms with Gasteiger partial charge in [0.15, 0.2) is 0 Å². The largest absolute Gasteiger partial charge is 0.467 e. The van der Waals surface area contributed by atoms with Gasteiger partial charge in [0.2, 0.25) is 11.1 Å². The summed E-state index contributed by atoms with van der Waals surface area (Å²) < 4.78 is 6.82. The van der Waals surface area contributed by atoms with Crippen LogP contribution in [0.3, 0.4) is 0 Å². The zero-order chi connectivity index (χ0) is 19.1. The van der Waals surface area contributed by atoms with Crippen LogP contribution in [0.15, 0.2) is 52.2 Å². The van der Waals surface area contributed by atoms with E-state index >= 15 is 0 Å². The molecule has 8 nitrogen and oxygen atoms in total. The van der Waals surface area contributed by atoms with Gasteiger partial charge >= 0.3 is 0 Å². The number of carbonyl (C=O) groups excluding carboxylic acids is 1. The number of carbonyl (C=O) groups is 1. The third-order valence-electron chi connectivity index (χ3n) is 3.59. The molecule has 0 spiro atoms. The number of aromatic nitrogens is 4. The van der Waals surface area contributed by atoms with Crippen molar-refractivity contribution in [1.82, 2.24) is 25.1 Å². The molecule has 1 amide bonds. The molecule has 2 aromatic heterocycles. The van der Waals surface area contributed by atoms with Crippen molar-refractivity contribution in [1.29, 1.82) is 5.26 Å². The Hall–Kier alpha value is -2.83. The Morgan fingerprint density at radius 2 is 2.26 bits per heavy atom. The van der Waals surface area contributed by atoms with Crippen LogP contribution in [-0.4, -0.2) is 43.3 Å². The summed E-state index contributed by atoms with van der Waals surface area (Å²) in [6.45, 7) is 0.642. The van der Waals surface area contributed by atoms with Crippen molar-refractivity contribution in [3.63, 3.8) is 0 Å². The summed E-state index contributed by atoms with van der Waals surface area (Å²) in [6.07, 6.45) is 1.80. The molecule has 0 atom stereocenters. The van der Waals surface area contributed by atoms with Crippen LogP contribution in [0.25, 0.3) is 5.69 Å². The van der Waals surface area contributed by atoms with Gasteiger partial charge in [-0.15, -0.1) is 5.10 Å². The molecule has 0 saturated carbocycles. The first-order valence-corrected chi connectivity index (χ1v) is 9.38. The Morgan fingerprint density at radius 1 is 1.37 bits per heavy atom. The van der Waals surface area contributed by atoms with Crippen molar-refractivity contribution in [2.24, 2.45) is 0 Å². The molecular formula is C17H15ClN6O2S. The number of hydrogen-bond acceptors (Lipinski definition) is 7. The average molecular weight is 403 g/mol. The molecule has 0 saturated heterocycles. The van der Waals surface area contributed by atoms with Crippen LogP contribution in [0, 0.1) is 11.3 Å². The molecule has 0 bridgehead atoms. The molecule has 0 N–H and O–H groups in total. The van der Waals surface area contributed by atoms with Crippen LogP contribution < -0.4 is 0 Å². The fourth-order valence-corrected chi connectivity index (χ4v) is 3.30. The molecular weight excluding hydrogens is 388 g/mol. The van der Waals surface area contributed by atoms with Crippen LogP contribution in [0.1, 0.15) is 12.2 Å². The van der Waals surface area contributed by atoms with Gasteiger partial charge in [0, 0.05) is 11.6 Å². The quantitative estimate of drug-likeness (QED) is 0.534. The number of thioether (sulfide) groups is 1. The van der Waals surface area contributed by atoms with Crippen molar-refractivity contribution < 1.29 is 9.21 Å². The van der Waals surface area contributed by atoms with Crippen LogP contribution in [0.2, 0.25) is 5.02 Å². The number of hydrogen-bond donors (Lipinski definition) is 0. The van der Waals surface area contributed by atoms with Gasteiger partial charge in [-0.3, -0.25) is 4.79 Å². The highest BCUT2D eigenvalue weighted by Crippen LogP contribution is 2.21. The van der Waals surface area contributed by atoms with Gasteiger partial charge in [-0.25, -0.2) is 0 Å². The zero-order valence-corrected chi connectivity index (χ0v) is 15.7. The summed E-state index contributed by atoms with van der Waals surface area (Å²) >= 11 is 7.23. The fourth-order valence-electron chi connectivity index (χ4n) is 2.32. The molecule has 2 heterocycles. The first kappa shape index (κ1) is 18.9. The Balaban J connectivity index is 1.67. The molecule has 1 aromatic carbocycles. The number of amides is 1. The summed E-state index contributed by atoms with van der Waals surface area (Å²) in [5.41, 5.74) is 0.708. The van der Waals surface area contributed by atoms with E-state index in [1.165, 1.54) is 16.4 Å². The third-order valence-corrected chi connectivity index (χ3v) is 4.73. The first-order chi connectivity index (χ1) is 13.2. The lowest BCUT2D eigenvalue weighted by Crippen LogP contribution is -2.32. The van der Waals surface area contributed by atoms with Gasteiger partial charge < -0.3 is 9.32 Å². The summed E-state index contributed by atoms with van der Waals surface area (Å²) in [5, 5.41) is 21.5. The standard InChI is InChI=1S/C17H15ClN6O2S/c18-13-4-1-5-14(10-13)24-17(20-21-22-24)27-12-16(25)23(8-3-7-19)11-15-6-2-9-26-15/h1-2,4-6,9-10H,3,8,11-12H2. The van der Waals surface area contributed by atoms with E-state index in [4.69, 9.17) is 21.3 Å². The Labute approximate surface area is 164 Å². The Bertz CT molecular complexity index is 937. The zero-order valence-electron chi connectivity index (χ0n) is 14.2. The predicted molar refractivity (Wildman–Crippen MR) is 99.2 cm³/mol. The molecule has 3 rings (SSSR count). The van der Waals surface area contributed by atoms with Gasteiger partial charge in [0.05, 0.1) is 36.7 Å². The normalized spacial score (nSPS) is 10.5. The highest BCUT2D eigenvalue weighted by Gasteiger charge is 2.18. The highest BCUT2D eigenvalue weighted by atomic mass is 35.5. The van der Waals surface area contributed by atoms with E-state index < -0.39 is 0 Å². The minimum atomic E-state index is -0.132. The van der Waals surface area contributed by atoms with E-state index in [0.717, 1.165) is 0 Å². The Kier molecular flexibility index (Phi) is 6.46. The number of halogens is 1. The van der Waals surface area contributed by atoms with E-state index in [0.29, 0.717) is 34.7 Å². The summed E-state index contributed by atoms with van der Waals surface area (Å²) in [5.74, 6) is 0.662. The van der Waals surface area contributed by atoms with Crippen molar-refractivity contribution in [2.75, 3.05) is 12.3 Å². The third kappa shape index (κ3) is 5.09. The average Bonchev–Trinajstić information content (AvgIpc) is 3.34. The number of rotatable bonds is 8. The lowest BCUT2D eigenvalue weighted by atomic mass is 10.3. The second-order valence-electron chi connectivity index (χ2n) is 5.44. The molecule has 0 fully saturated rings. The molecule has 0 aliphatic heterocycles. The maximum atomic E-state index is 12.6. The second-order valence-corrected chi connectivity index (χ2v) is 6.82. The number of nitrogens with zero attached hydrogens (tertiary/aromatic N) is 6. The van der Waals surface area contributed by atoms with Crippen LogP contribution in [0.5, 0.6) is 0 Å². The van der Waals surface area contributed by atoms with Crippen molar-refractivity contribution in [3.8, 4) is 11.8 Å². The second kappa shape index (κ2) is 9.21. The fraction of sp³-hybridized carbons (Fsp3) is 0.235. The summed E-state index contributed by atoms with van der Waals surface area (Å²) in [7, 11) is 0. The SMILES string of the molecule is N#CCCN(Cc1ccco1)C(=O)CSc1nnnn1-c1cccc(Cl)c1. The summed E-state index contributed by atoms with van der Waals surface area (Å²) in [4.78, 5) is 14.2. The lowest BCUT2D eigenvalue weighted by molar-refractivity contribution is -0.129. The van der Waals surface area contributed by atoms with E-state index in [2.05, 4.69) is 21.6 Å². The van der Waals surface area contributed by atoms with Crippen molar-refractivity contribution >= 4 is 29.3 Å². The van der Waals surface area contributed by atoms with Crippen LogP contribution in [0.4, 0.5) is 0 Å². The van der Waals surface area contributed by atoms with E-state index in [-0.39, 0.29) is 18.1 Å². The minimum Gasteiger partial charge on any atom is -0.467 e.